The second kappa shape index (κ2) is 7.74. The first-order chi connectivity index (χ1) is 9.02. The Labute approximate surface area is 113 Å². The summed E-state index contributed by atoms with van der Waals surface area (Å²) in [7, 11) is 0. The first-order valence-electron chi connectivity index (χ1n) is 6.51. The van der Waals surface area contributed by atoms with Crippen molar-refractivity contribution in [3.8, 4) is 5.88 Å². The molecule has 1 heterocycles. The molecular weight excluding hydrogens is 246 g/mol. The molecule has 5 nitrogen and oxygen atoms in total. The van der Waals surface area contributed by atoms with Gasteiger partial charge in [0.25, 0.3) is 0 Å². The number of aromatic nitrogens is 1. The van der Waals surface area contributed by atoms with Crippen molar-refractivity contribution in [2.24, 2.45) is 0 Å². The summed E-state index contributed by atoms with van der Waals surface area (Å²) in [6, 6.07) is 3.03. The number of pyridine rings is 1. The fraction of sp³-hybridized carbons (Fsp3) is 0.571. The molecule has 1 aromatic rings. The van der Waals surface area contributed by atoms with Crippen LogP contribution < -0.4 is 4.74 Å². The minimum atomic E-state index is -0.969. The van der Waals surface area contributed by atoms with Crippen LogP contribution in [-0.4, -0.2) is 35.4 Å². The third kappa shape index (κ3) is 5.70. The Kier molecular flexibility index (Phi) is 6.29. The lowest BCUT2D eigenvalue weighted by Crippen LogP contribution is -2.12. The van der Waals surface area contributed by atoms with Gasteiger partial charge >= 0.3 is 5.97 Å². The number of ether oxygens (including phenoxy) is 2. The molecule has 1 aromatic heterocycles. The highest BCUT2D eigenvalue weighted by Crippen LogP contribution is 2.14. The largest absolute Gasteiger partial charge is 0.478 e. The van der Waals surface area contributed by atoms with Crippen molar-refractivity contribution in [1.29, 1.82) is 0 Å². The van der Waals surface area contributed by atoms with Gasteiger partial charge < -0.3 is 14.6 Å². The van der Waals surface area contributed by atoms with Gasteiger partial charge in [0.05, 0.1) is 18.3 Å². The standard InChI is InChI=1S/C14H21NO4/c1-4-5-12-8-11(14(16)17)9-13(15-12)19-7-6-18-10(2)3/h8-10H,4-7H2,1-3H3,(H,16,17). The SMILES string of the molecule is CCCc1cc(C(=O)O)cc(OCCOC(C)C)n1. The molecule has 0 aliphatic heterocycles. The smallest absolute Gasteiger partial charge is 0.335 e. The highest BCUT2D eigenvalue weighted by Gasteiger charge is 2.09. The summed E-state index contributed by atoms with van der Waals surface area (Å²) in [5, 5.41) is 9.04. The second-order valence-corrected chi connectivity index (χ2v) is 4.51. The first kappa shape index (κ1) is 15.4. The molecule has 0 atom stereocenters. The van der Waals surface area contributed by atoms with Gasteiger partial charge in [0, 0.05) is 11.8 Å². The van der Waals surface area contributed by atoms with Crippen molar-refractivity contribution in [1.82, 2.24) is 4.98 Å². The number of nitrogens with zero attached hydrogens (tertiary/aromatic N) is 1. The minimum absolute atomic E-state index is 0.151. The van der Waals surface area contributed by atoms with E-state index in [4.69, 9.17) is 14.6 Å². The van der Waals surface area contributed by atoms with Gasteiger partial charge in [0.2, 0.25) is 5.88 Å². The molecule has 0 bridgehead atoms. The molecule has 0 radical (unpaired) electrons. The quantitative estimate of drug-likeness (QED) is 0.733. The van der Waals surface area contributed by atoms with Gasteiger partial charge in [-0.25, -0.2) is 9.78 Å². The van der Waals surface area contributed by atoms with Crippen molar-refractivity contribution in [2.45, 2.75) is 39.7 Å². The van der Waals surface area contributed by atoms with Crippen molar-refractivity contribution in [3.05, 3.63) is 23.4 Å². The van der Waals surface area contributed by atoms with E-state index in [-0.39, 0.29) is 11.7 Å². The van der Waals surface area contributed by atoms with Crippen molar-refractivity contribution in [3.63, 3.8) is 0 Å². The lowest BCUT2D eigenvalue weighted by Gasteiger charge is -2.10. The molecule has 1 N–H and O–H groups in total. The number of rotatable bonds is 8. The fourth-order valence-corrected chi connectivity index (χ4v) is 1.57. The van der Waals surface area contributed by atoms with E-state index in [2.05, 4.69) is 4.98 Å². The average molecular weight is 267 g/mol. The predicted molar refractivity (Wildman–Crippen MR) is 71.8 cm³/mol. The van der Waals surface area contributed by atoms with Crippen LogP contribution in [0.1, 0.15) is 43.2 Å². The van der Waals surface area contributed by atoms with Gasteiger partial charge in [-0.15, -0.1) is 0 Å². The molecule has 0 amide bonds. The van der Waals surface area contributed by atoms with E-state index in [1.54, 1.807) is 6.07 Å². The summed E-state index contributed by atoms with van der Waals surface area (Å²) in [5.41, 5.74) is 0.945. The highest BCUT2D eigenvalue weighted by molar-refractivity contribution is 5.88. The maximum atomic E-state index is 11.0. The number of carboxylic acids is 1. The molecule has 0 saturated heterocycles. The molecule has 0 fully saturated rings. The van der Waals surface area contributed by atoms with Crippen LogP contribution in [0, 0.1) is 0 Å². The summed E-state index contributed by atoms with van der Waals surface area (Å²) >= 11 is 0. The van der Waals surface area contributed by atoms with Gasteiger partial charge in [-0.05, 0) is 26.3 Å². The van der Waals surface area contributed by atoms with E-state index < -0.39 is 5.97 Å². The molecule has 5 heteroatoms. The van der Waals surface area contributed by atoms with E-state index in [1.165, 1.54) is 6.07 Å². The number of aromatic carboxylic acids is 1. The third-order valence-corrected chi connectivity index (χ3v) is 2.39. The van der Waals surface area contributed by atoms with Crippen LogP contribution in [0.3, 0.4) is 0 Å². The number of aryl methyl sites for hydroxylation is 1. The molecule has 0 spiro atoms. The molecule has 0 unspecified atom stereocenters. The highest BCUT2D eigenvalue weighted by atomic mass is 16.5. The van der Waals surface area contributed by atoms with E-state index in [1.807, 2.05) is 20.8 Å². The molecule has 0 aliphatic carbocycles. The predicted octanol–water partition coefficient (Wildman–Crippen LogP) is 2.54. The number of hydrogen-bond donors (Lipinski definition) is 1. The Bertz CT molecular complexity index is 418. The summed E-state index contributed by atoms with van der Waals surface area (Å²) in [6.45, 7) is 6.73. The number of hydrogen-bond acceptors (Lipinski definition) is 4. The minimum Gasteiger partial charge on any atom is -0.478 e. The van der Waals surface area contributed by atoms with Crippen molar-refractivity contribution >= 4 is 5.97 Å². The lowest BCUT2D eigenvalue weighted by atomic mass is 10.1. The van der Waals surface area contributed by atoms with Gasteiger partial charge in [-0.2, -0.15) is 0 Å². The summed E-state index contributed by atoms with van der Waals surface area (Å²) in [4.78, 5) is 15.3. The van der Waals surface area contributed by atoms with Gasteiger partial charge in [0.15, 0.2) is 0 Å². The van der Waals surface area contributed by atoms with Crippen LogP contribution in [0.5, 0.6) is 5.88 Å². The van der Waals surface area contributed by atoms with Crippen molar-refractivity contribution < 1.29 is 19.4 Å². The second-order valence-electron chi connectivity index (χ2n) is 4.51. The Morgan fingerprint density at radius 2 is 2.11 bits per heavy atom. The molecule has 0 aliphatic rings. The Hall–Kier alpha value is -1.62. The Morgan fingerprint density at radius 3 is 2.68 bits per heavy atom. The molecule has 0 saturated carbocycles. The van der Waals surface area contributed by atoms with E-state index >= 15 is 0 Å². The van der Waals surface area contributed by atoms with E-state index in [0.29, 0.717) is 19.1 Å². The van der Waals surface area contributed by atoms with Gasteiger partial charge in [-0.1, -0.05) is 13.3 Å². The lowest BCUT2D eigenvalue weighted by molar-refractivity contribution is 0.0541. The maximum absolute atomic E-state index is 11.0. The zero-order valence-electron chi connectivity index (χ0n) is 11.7. The topological polar surface area (TPSA) is 68.7 Å². The van der Waals surface area contributed by atoms with Crippen LogP contribution >= 0.6 is 0 Å². The summed E-state index contributed by atoms with van der Waals surface area (Å²) < 4.78 is 10.8. The number of carboxylic acid groups (broad SMARTS) is 1. The van der Waals surface area contributed by atoms with Crippen LogP contribution in [0.4, 0.5) is 0 Å². The Morgan fingerprint density at radius 1 is 1.37 bits per heavy atom. The van der Waals surface area contributed by atoms with Crippen LogP contribution in [0.2, 0.25) is 0 Å². The first-order valence-corrected chi connectivity index (χ1v) is 6.51. The maximum Gasteiger partial charge on any atom is 0.335 e. The zero-order chi connectivity index (χ0) is 14.3. The monoisotopic (exact) mass is 267 g/mol. The molecular formula is C14H21NO4. The number of carbonyl (C=O) groups is 1. The fourth-order valence-electron chi connectivity index (χ4n) is 1.57. The van der Waals surface area contributed by atoms with Gasteiger partial charge in [0.1, 0.15) is 6.61 Å². The average Bonchev–Trinajstić information content (AvgIpc) is 2.34. The van der Waals surface area contributed by atoms with E-state index in [9.17, 15) is 4.79 Å². The van der Waals surface area contributed by atoms with E-state index in [0.717, 1.165) is 18.5 Å². The van der Waals surface area contributed by atoms with Gasteiger partial charge in [-0.3, -0.25) is 0 Å². The summed E-state index contributed by atoms with van der Waals surface area (Å²) in [5.74, 6) is -0.626. The van der Waals surface area contributed by atoms with Crippen LogP contribution in [0.25, 0.3) is 0 Å². The molecule has 0 aromatic carbocycles. The van der Waals surface area contributed by atoms with Crippen LogP contribution in [-0.2, 0) is 11.2 Å². The van der Waals surface area contributed by atoms with Crippen molar-refractivity contribution in [2.75, 3.05) is 13.2 Å². The normalized spacial score (nSPS) is 10.7. The molecule has 19 heavy (non-hydrogen) atoms. The third-order valence-electron chi connectivity index (χ3n) is 2.39. The summed E-state index contributed by atoms with van der Waals surface area (Å²) in [6.07, 6.45) is 1.80. The zero-order valence-corrected chi connectivity index (χ0v) is 11.7. The molecule has 106 valence electrons. The van der Waals surface area contributed by atoms with Crippen LogP contribution in [0.15, 0.2) is 12.1 Å². The molecule has 1 rings (SSSR count). The Balaban J connectivity index is 2.67.